The Morgan fingerprint density at radius 2 is 1.89 bits per heavy atom. The van der Waals surface area contributed by atoms with E-state index in [0.29, 0.717) is 0 Å². The molecular weight excluding hydrogens is 220 g/mol. The Hall–Kier alpha value is -2.28. The lowest BCUT2D eigenvalue weighted by Gasteiger charge is -2.43. The molecule has 0 saturated carbocycles. The molecule has 3 aliphatic carbocycles. The van der Waals surface area contributed by atoms with Gasteiger partial charge in [-0.1, -0.05) is 42.5 Å². The summed E-state index contributed by atoms with van der Waals surface area (Å²) in [5.74, 6) is 0.987. The van der Waals surface area contributed by atoms with Crippen LogP contribution in [0.1, 0.15) is 11.1 Å². The first-order valence-corrected chi connectivity index (χ1v) is 6.21. The molecule has 5 aliphatic rings. The third-order valence-electron chi connectivity index (χ3n) is 4.13. The number of hydrogen-bond acceptors (Lipinski definition) is 1. The van der Waals surface area contributed by atoms with Crippen LogP contribution in [0.4, 0.5) is 0 Å². The Bertz CT molecular complexity index is 846. The van der Waals surface area contributed by atoms with Gasteiger partial charge in [-0.2, -0.15) is 0 Å². The maximum Gasteiger partial charge on any atom is 0.175 e. The van der Waals surface area contributed by atoms with Crippen molar-refractivity contribution in [2.75, 3.05) is 0 Å². The van der Waals surface area contributed by atoms with Crippen LogP contribution >= 0.6 is 0 Å². The van der Waals surface area contributed by atoms with Crippen LogP contribution < -0.4 is 10.4 Å². The minimum atomic E-state index is -0.280. The Kier molecular flexibility index (Phi) is 1.26. The van der Waals surface area contributed by atoms with Gasteiger partial charge >= 0.3 is 0 Å². The van der Waals surface area contributed by atoms with E-state index in [4.69, 9.17) is 4.74 Å². The van der Waals surface area contributed by atoms with Crippen molar-refractivity contribution in [3.63, 3.8) is 0 Å². The second kappa shape index (κ2) is 2.59. The lowest BCUT2D eigenvalue weighted by atomic mass is 9.78. The molecule has 1 heteroatoms. The van der Waals surface area contributed by atoms with Gasteiger partial charge in [-0.3, -0.25) is 0 Å². The lowest BCUT2D eigenvalue weighted by molar-refractivity contribution is 0.0914. The number of rotatable bonds is 0. The van der Waals surface area contributed by atoms with Crippen molar-refractivity contribution < 1.29 is 4.74 Å². The highest BCUT2D eigenvalue weighted by Gasteiger charge is 2.43. The van der Waals surface area contributed by atoms with E-state index in [1.54, 1.807) is 0 Å². The Morgan fingerprint density at radius 3 is 2.83 bits per heavy atom. The quantitative estimate of drug-likeness (QED) is 0.661. The first-order valence-electron chi connectivity index (χ1n) is 6.21. The van der Waals surface area contributed by atoms with Crippen LogP contribution in [-0.4, -0.2) is 5.60 Å². The van der Waals surface area contributed by atoms with Crippen LogP contribution in [0.25, 0.3) is 23.8 Å². The molecule has 0 radical (unpaired) electrons. The van der Waals surface area contributed by atoms with Crippen LogP contribution in [0.2, 0.25) is 0 Å². The average Bonchev–Trinajstić information content (AvgIpc) is 2.85. The monoisotopic (exact) mass is 230 g/mol. The van der Waals surface area contributed by atoms with E-state index in [-0.39, 0.29) is 5.60 Å². The summed E-state index contributed by atoms with van der Waals surface area (Å²) in [6.07, 6.45) is 17.3. The molecular formula is C17H10O. The van der Waals surface area contributed by atoms with Gasteiger partial charge in [0.05, 0.1) is 0 Å². The summed E-state index contributed by atoms with van der Waals surface area (Å²) in [5.41, 5.74) is 3.62. The zero-order valence-electron chi connectivity index (χ0n) is 9.68. The zero-order chi connectivity index (χ0) is 11.7. The van der Waals surface area contributed by atoms with Crippen LogP contribution in [0, 0.1) is 0 Å². The molecule has 2 heterocycles. The second-order valence-corrected chi connectivity index (χ2v) is 5.08. The maximum atomic E-state index is 5.87. The Labute approximate surface area is 104 Å². The summed E-state index contributed by atoms with van der Waals surface area (Å²) in [6, 6.07) is 4.41. The molecule has 2 bridgehead atoms. The summed E-state index contributed by atoms with van der Waals surface area (Å²) >= 11 is 0. The molecule has 0 unspecified atom stereocenters. The fourth-order valence-electron chi connectivity index (χ4n) is 3.24. The third kappa shape index (κ3) is 0.830. The second-order valence-electron chi connectivity index (χ2n) is 5.08. The van der Waals surface area contributed by atoms with E-state index in [1.807, 2.05) is 0 Å². The van der Waals surface area contributed by atoms with E-state index < -0.39 is 0 Å². The summed E-state index contributed by atoms with van der Waals surface area (Å²) in [5, 5.41) is 2.60. The predicted molar refractivity (Wildman–Crippen MR) is 72.7 cm³/mol. The van der Waals surface area contributed by atoms with Gasteiger partial charge in [0.1, 0.15) is 5.76 Å². The molecule has 2 aliphatic heterocycles. The number of allylic oxidation sites excluding steroid dienone is 2. The molecule has 1 aromatic rings. The van der Waals surface area contributed by atoms with Crippen LogP contribution in [0.3, 0.4) is 0 Å². The minimum absolute atomic E-state index is 0.280. The SMILES string of the molecule is C1=Cc2c3c(ccc2=C1)=C1C=CC2=C[C@@]1(C=C3)O2. The van der Waals surface area contributed by atoms with Crippen molar-refractivity contribution in [1.82, 2.24) is 0 Å². The minimum Gasteiger partial charge on any atom is -0.474 e. The molecule has 18 heavy (non-hydrogen) atoms. The van der Waals surface area contributed by atoms with E-state index >= 15 is 0 Å². The van der Waals surface area contributed by atoms with Crippen molar-refractivity contribution in [3.05, 3.63) is 69.8 Å². The molecule has 0 fully saturated rings. The smallest absolute Gasteiger partial charge is 0.175 e. The van der Waals surface area contributed by atoms with Crippen molar-refractivity contribution in [3.8, 4) is 0 Å². The van der Waals surface area contributed by atoms with Crippen LogP contribution in [-0.2, 0) is 4.74 Å². The molecule has 0 aromatic heterocycles. The van der Waals surface area contributed by atoms with Gasteiger partial charge in [0.25, 0.3) is 0 Å². The van der Waals surface area contributed by atoms with Gasteiger partial charge in [-0.25, -0.2) is 0 Å². The van der Waals surface area contributed by atoms with Crippen molar-refractivity contribution in [2.45, 2.75) is 5.60 Å². The maximum absolute atomic E-state index is 5.87. The van der Waals surface area contributed by atoms with Gasteiger partial charge in [-0.15, -0.1) is 0 Å². The number of hydrogen-bond donors (Lipinski definition) is 0. The van der Waals surface area contributed by atoms with Gasteiger partial charge in [-0.05, 0) is 33.7 Å². The van der Waals surface area contributed by atoms with Crippen molar-refractivity contribution in [1.29, 1.82) is 0 Å². The Balaban J connectivity index is 1.98. The third-order valence-corrected chi connectivity index (χ3v) is 4.13. The number of fused-ring (bicyclic) bond motifs is 3. The van der Waals surface area contributed by atoms with Gasteiger partial charge in [0, 0.05) is 11.6 Å². The molecule has 0 N–H and O–H groups in total. The topological polar surface area (TPSA) is 9.23 Å². The normalized spacial score (nSPS) is 27.6. The van der Waals surface area contributed by atoms with Crippen molar-refractivity contribution >= 4 is 23.8 Å². The molecule has 0 saturated heterocycles. The highest BCUT2D eigenvalue weighted by atomic mass is 16.5. The molecule has 1 aromatic carbocycles. The fraction of sp³-hybridized carbons (Fsp3) is 0.0588. The van der Waals surface area contributed by atoms with Crippen LogP contribution in [0.15, 0.2) is 48.3 Å². The predicted octanol–water partition coefficient (Wildman–Crippen LogP) is 1.89. The van der Waals surface area contributed by atoms with Crippen LogP contribution in [0.5, 0.6) is 0 Å². The molecule has 1 nitrogen and oxygen atoms in total. The molecule has 1 atom stereocenters. The molecule has 84 valence electrons. The molecule has 1 spiro atoms. The van der Waals surface area contributed by atoms with E-state index in [9.17, 15) is 0 Å². The fourth-order valence-corrected chi connectivity index (χ4v) is 3.24. The van der Waals surface area contributed by atoms with E-state index in [2.05, 4.69) is 60.7 Å². The molecule has 0 amide bonds. The first kappa shape index (κ1) is 8.76. The standard InChI is InChI=1S/C17H10O/c1-2-11-4-6-15-14(13(11)3-1)8-9-17-10-12(18-17)5-7-16(15)17/h1-10H/t17-/m1/s1. The van der Waals surface area contributed by atoms with E-state index in [1.165, 1.54) is 27.1 Å². The summed E-state index contributed by atoms with van der Waals surface area (Å²) < 4.78 is 5.87. The van der Waals surface area contributed by atoms with Gasteiger partial charge in [0.2, 0.25) is 0 Å². The van der Waals surface area contributed by atoms with Gasteiger partial charge < -0.3 is 4.74 Å². The summed E-state index contributed by atoms with van der Waals surface area (Å²) in [7, 11) is 0. The largest absolute Gasteiger partial charge is 0.474 e. The summed E-state index contributed by atoms with van der Waals surface area (Å²) in [4.78, 5) is 0. The highest BCUT2D eigenvalue weighted by Crippen LogP contribution is 2.44. The Morgan fingerprint density at radius 1 is 0.944 bits per heavy atom. The highest BCUT2D eigenvalue weighted by molar-refractivity contribution is 5.86. The van der Waals surface area contributed by atoms with Gasteiger partial charge in [0.15, 0.2) is 5.60 Å². The van der Waals surface area contributed by atoms with Crippen molar-refractivity contribution in [2.24, 2.45) is 0 Å². The zero-order valence-corrected chi connectivity index (χ0v) is 9.68. The number of ether oxygens (including phenoxy) is 1. The summed E-state index contributed by atoms with van der Waals surface area (Å²) in [6.45, 7) is 0. The first-order chi connectivity index (χ1) is 8.86. The molecule has 6 rings (SSSR count). The number of benzene rings is 1. The average molecular weight is 230 g/mol. The lowest BCUT2D eigenvalue weighted by Crippen LogP contribution is -2.44. The van der Waals surface area contributed by atoms with E-state index in [0.717, 1.165) is 5.76 Å².